The molecule has 0 unspecified atom stereocenters. The third kappa shape index (κ3) is 3.94. The molecule has 1 atom stereocenters. The number of aliphatic hydroxyl groups is 1. The van der Waals surface area contributed by atoms with Crippen LogP contribution in [0.1, 0.15) is 6.92 Å². The quantitative estimate of drug-likeness (QED) is 0.678. The van der Waals surface area contributed by atoms with Gasteiger partial charge in [-0.3, -0.25) is 4.79 Å². The van der Waals surface area contributed by atoms with Crippen molar-refractivity contribution in [1.82, 2.24) is 14.5 Å². The van der Waals surface area contributed by atoms with E-state index in [1.807, 2.05) is 25.1 Å². The highest BCUT2D eigenvalue weighted by molar-refractivity contribution is 5.91. The van der Waals surface area contributed by atoms with Gasteiger partial charge in [-0.25, -0.2) is 9.97 Å². The van der Waals surface area contributed by atoms with Gasteiger partial charge in [0.05, 0.1) is 37.4 Å². The summed E-state index contributed by atoms with van der Waals surface area (Å²) in [6.07, 6.45) is 1.51. The first-order valence-electron chi connectivity index (χ1n) is 9.73. The van der Waals surface area contributed by atoms with E-state index in [0.29, 0.717) is 16.7 Å². The number of pyridine rings is 1. The van der Waals surface area contributed by atoms with Crippen LogP contribution >= 0.6 is 0 Å². The number of nitrogens with zero attached hydrogens (tertiary/aromatic N) is 4. The third-order valence-electron chi connectivity index (χ3n) is 5.10. The molecule has 1 aliphatic heterocycles. The summed E-state index contributed by atoms with van der Waals surface area (Å²) in [5.41, 5.74) is 3.20. The van der Waals surface area contributed by atoms with Gasteiger partial charge in [0.15, 0.2) is 0 Å². The predicted octanol–water partition coefficient (Wildman–Crippen LogP) is 1.62. The Morgan fingerprint density at radius 1 is 1.24 bits per heavy atom. The Balaban J connectivity index is 1.75. The number of rotatable bonds is 5. The topological polar surface area (TPSA) is 92.5 Å². The van der Waals surface area contributed by atoms with E-state index in [1.54, 1.807) is 7.05 Å². The Bertz CT molecular complexity index is 1060. The summed E-state index contributed by atoms with van der Waals surface area (Å²) < 4.78 is 6.84. The molecule has 0 radical (unpaired) electrons. The highest BCUT2D eigenvalue weighted by Gasteiger charge is 2.16. The molecular formula is C21H25N5O3. The lowest BCUT2D eigenvalue weighted by molar-refractivity contribution is 0.122. The zero-order chi connectivity index (χ0) is 20.4. The second-order valence-corrected chi connectivity index (χ2v) is 7.29. The Morgan fingerprint density at radius 2 is 1.97 bits per heavy atom. The molecule has 29 heavy (non-hydrogen) atoms. The lowest BCUT2D eigenvalue weighted by atomic mass is 10.1. The smallest absolute Gasteiger partial charge is 0.264 e. The van der Waals surface area contributed by atoms with Gasteiger partial charge in [-0.05, 0) is 25.1 Å². The molecule has 0 bridgehead atoms. The molecule has 2 N–H and O–H groups in total. The summed E-state index contributed by atoms with van der Waals surface area (Å²) in [4.78, 5) is 24.0. The molecule has 2 aromatic heterocycles. The molecule has 3 heterocycles. The van der Waals surface area contributed by atoms with E-state index in [0.717, 1.165) is 43.2 Å². The maximum atomic E-state index is 12.7. The molecule has 4 rings (SSSR count). The first kappa shape index (κ1) is 19.4. The average molecular weight is 395 g/mol. The van der Waals surface area contributed by atoms with Gasteiger partial charge in [0.25, 0.3) is 5.56 Å². The van der Waals surface area contributed by atoms with Crippen molar-refractivity contribution in [1.29, 1.82) is 0 Å². The molecule has 1 aromatic carbocycles. The predicted molar refractivity (Wildman–Crippen MR) is 113 cm³/mol. The van der Waals surface area contributed by atoms with Crippen LogP contribution in [0.3, 0.4) is 0 Å². The number of nitrogens with one attached hydrogen (secondary N) is 1. The molecule has 0 spiro atoms. The number of benzene rings is 1. The average Bonchev–Trinajstić information content (AvgIpc) is 2.76. The van der Waals surface area contributed by atoms with E-state index in [4.69, 9.17) is 9.72 Å². The van der Waals surface area contributed by atoms with E-state index >= 15 is 0 Å². The second-order valence-electron chi connectivity index (χ2n) is 7.29. The lowest BCUT2D eigenvalue weighted by Gasteiger charge is -2.28. The standard InChI is InChI=1S/C21H25N5O3/c1-14(12-27)23-20-19-18(22-13-25(2)21(19)28)11-17(24-20)15-3-5-16(6-4-15)26-7-9-29-10-8-26/h3-6,11,13-14,27H,7-10,12H2,1-2H3,(H,23,24)/t14-/m1/s1. The van der Waals surface area contributed by atoms with Crippen LogP contribution in [-0.4, -0.2) is 58.6 Å². The van der Waals surface area contributed by atoms with E-state index < -0.39 is 0 Å². The van der Waals surface area contributed by atoms with Crippen LogP contribution in [0.25, 0.3) is 22.2 Å². The molecular weight excluding hydrogens is 370 g/mol. The molecule has 0 aliphatic carbocycles. The summed E-state index contributed by atoms with van der Waals surface area (Å²) >= 11 is 0. The molecule has 8 heteroatoms. The number of aromatic nitrogens is 3. The summed E-state index contributed by atoms with van der Waals surface area (Å²) in [5, 5.41) is 13.0. The van der Waals surface area contributed by atoms with Crippen molar-refractivity contribution in [3.05, 3.63) is 47.0 Å². The Labute approximate surface area is 168 Å². The Morgan fingerprint density at radius 3 is 2.66 bits per heavy atom. The second kappa shape index (κ2) is 8.18. The number of ether oxygens (including phenoxy) is 1. The van der Waals surface area contributed by atoms with E-state index in [1.165, 1.54) is 10.9 Å². The van der Waals surface area contributed by atoms with Crippen molar-refractivity contribution >= 4 is 22.4 Å². The Hall–Kier alpha value is -2.97. The molecule has 0 amide bonds. The van der Waals surface area contributed by atoms with E-state index in [2.05, 4.69) is 27.3 Å². The maximum Gasteiger partial charge on any atom is 0.264 e. The summed E-state index contributed by atoms with van der Waals surface area (Å²) in [7, 11) is 1.66. The minimum absolute atomic E-state index is 0.0672. The number of anilines is 2. The van der Waals surface area contributed by atoms with Crippen molar-refractivity contribution in [2.45, 2.75) is 13.0 Å². The zero-order valence-electron chi connectivity index (χ0n) is 16.6. The van der Waals surface area contributed by atoms with Crippen LogP contribution < -0.4 is 15.8 Å². The van der Waals surface area contributed by atoms with Gasteiger partial charge in [0, 0.05) is 37.4 Å². The lowest BCUT2D eigenvalue weighted by Crippen LogP contribution is -2.36. The molecule has 1 saturated heterocycles. The first-order valence-corrected chi connectivity index (χ1v) is 9.73. The normalized spacial score (nSPS) is 15.5. The first-order chi connectivity index (χ1) is 14.1. The van der Waals surface area contributed by atoms with Crippen LogP contribution in [0.5, 0.6) is 0 Å². The van der Waals surface area contributed by atoms with Gasteiger partial charge in [-0.15, -0.1) is 0 Å². The number of hydrogen-bond donors (Lipinski definition) is 2. The maximum absolute atomic E-state index is 12.7. The fourth-order valence-corrected chi connectivity index (χ4v) is 3.42. The SMILES string of the molecule is C[C@H](CO)Nc1nc(-c2ccc(N3CCOCC3)cc2)cc2ncn(C)c(=O)c12. The number of aliphatic hydroxyl groups excluding tert-OH is 1. The monoisotopic (exact) mass is 395 g/mol. The third-order valence-corrected chi connectivity index (χ3v) is 5.10. The van der Waals surface area contributed by atoms with Gasteiger partial charge < -0.3 is 24.6 Å². The number of morpholine rings is 1. The van der Waals surface area contributed by atoms with Crippen LogP contribution in [0, 0.1) is 0 Å². The fraction of sp³-hybridized carbons (Fsp3) is 0.381. The summed E-state index contributed by atoms with van der Waals surface area (Å²) in [6.45, 7) is 5.02. The zero-order valence-corrected chi connectivity index (χ0v) is 16.6. The fourth-order valence-electron chi connectivity index (χ4n) is 3.42. The minimum atomic E-state index is -0.241. The van der Waals surface area contributed by atoms with Gasteiger partial charge in [-0.1, -0.05) is 12.1 Å². The summed E-state index contributed by atoms with van der Waals surface area (Å²) in [6, 6.07) is 9.80. The molecule has 152 valence electrons. The van der Waals surface area contributed by atoms with Crippen LogP contribution in [0.4, 0.5) is 11.5 Å². The van der Waals surface area contributed by atoms with E-state index in [-0.39, 0.29) is 18.2 Å². The highest BCUT2D eigenvalue weighted by Crippen LogP contribution is 2.27. The van der Waals surface area contributed by atoms with Gasteiger partial charge in [0.2, 0.25) is 0 Å². The van der Waals surface area contributed by atoms with Crippen LogP contribution in [0.2, 0.25) is 0 Å². The van der Waals surface area contributed by atoms with Gasteiger partial charge >= 0.3 is 0 Å². The molecule has 8 nitrogen and oxygen atoms in total. The largest absolute Gasteiger partial charge is 0.394 e. The van der Waals surface area contributed by atoms with Crippen molar-refractivity contribution in [2.75, 3.05) is 43.1 Å². The Kier molecular flexibility index (Phi) is 5.46. The molecule has 3 aromatic rings. The van der Waals surface area contributed by atoms with Crippen molar-refractivity contribution in [3.8, 4) is 11.3 Å². The van der Waals surface area contributed by atoms with E-state index in [9.17, 15) is 9.90 Å². The van der Waals surface area contributed by atoms with Crippen LogP contribution in [-0.2, 0) is 11.8 Å². The molecule has 1 fully saturated rings. The number of aryl methyl sites for hydroxylation is 1. The van der Waals surface area contributed by atoms with Crippen molar-refractivity contribution in [3.63, 3.8) is 0 Å². The number of hydrogen-bond acceptors (Lipinski definition) is 7. The molecule has 0 saturated carbocycles. The minimum Gasteiger partial charge on any atom is -0.394 e. The molecule has 1 aliphatic rings. The van der Waals surface area contributed by atoms with Crippen molar-refractivity contribution < 1.29 is 9.84 Å². The van der Waals surface area contributed by atoms with Gasteiger partial charge in [0.1, 0.15) is 11.2 Å². The van der Waals surface area contributed by atoms with Gasteiger partial charge in [-0.2, -0.15) is 0 Å². The number of fused-ring (bicyclic) bond motifs is 1. The highest BCUT2D eigenvalue weighted by atomic mass is 16.5. The summed E-state index contributed by atoms with van der Waals surface area (Å²) in [5.74, 6) is 0.435. The van der Waals surface area contributed by atoms with Crippen LogP contribution in [0.15, 0.2) is 41.5 Å². The van der Waals surface area contributed by atoms with Crippen molar-refractivity contribution in [2.24, 2.45) is 7.05 Å².